The second kappa shape index (κ2) is 7.08. The van der Waals surface area contributed by atoms with Gasteiger partial charge in [0, 0.05) is 12.1 Å². The molecule has 0 heterocycles. The number of amides is 1. The van der Waals surface area contributed by atoms with Gasteiger partial charge < -0.3 is 10.4 Å². The molecular weight excluding hydrogens is 254 g/mol. The van der Waals surface area contributed by atoms with Crippen LogP contribution in [0.1, 0.15) is 38.5 Å². The number of nitrogens with one attached hydrogen (secondary N) is 1. The van der Waals surface area contributed by atoms with Gasteiger partial charge in [-0.3, -0.25) is 9.59 Å². The lowest BCUT2D eigenvalue weighted by atomic mass is 9.78. The highest BCUT2D eigenvalue weighted by Crippen LogP contribution is 2.32. The van der Waals surface area contributed by atoms with Crippen molar-refractivity contribution in [3.05, 3.63) is 30.3 Å². The average molecular weight is 275 g/mol. The van der Waals surface area contributed by atoms with Gasteiger partial charge in [0.1, 0.15) is 0 Å². The van der Waals surface area contributed by atoms with E-state index in [0.29, 0.717) is 5.69 Å². The number of hydrogen-bond acceptors (Lipinski definition) is 2. The number of carboxylic acids is 1. The molecule has 1 fully saturated rings. The molecule has 0 aromatic heterocycles. The summed E-state index contributed by atoms with van der Waals surface area (Å²) < 4.78 is 0. The molecule has 0 spiro atoms. The van der Waals surface area contributed by atoms with Crippen molar-refractivity contribution < 1.29 is 14.7 Å². The molecule has 4 heteroatoms. The van der Waals surface area contributed by atoms with E-state index in [2.05, 4.69) is 5.32 Å². The van der Waals surface area contributed by atoms with Gasteiger partial charge in [0.05, 0.1) is 5.92 Å². The van der Waals surface area contributed by atoms with Crippen LogP contribution in [0, 0.1) is 11.8 Å². The molecule has 1 saturated carbocycles. The van der Waals surface area contributed by atoms with Crippen LogP contribution in [0.3, 0.4) is 0 Å². The zero-order valence-corrected chi connectivity index (χ0v) is 11.5. The summed E-state index contributed by atoms with van der Waals surface area (Å²) in [6.45, 7) is 0. The molecule has 0 aliphatic heterocycles. The number of carbonyl (C=O) groups is 2. The van der Waals surface area contributed by atoms with Crippen molar-refractivity contribution in [2.75, 3.05) is 5.32 Å². The Bertz CT molecular complexity index is 452. The first-order chi connectivity index (χ1) is 9.66. The fourth-order valence-corrected chi connectivity index (χ4v) is 2.93. The number of benzene rings is 1. The van der Waals surface area contributed by atoms with Crippen LogP contribution in [-0.4, -0.2) is 17.0 Å². The van der Waals surface area contributed by atoms with E-state index in [1.807, 2.05) is 18.2 Å². The summed E-state index contributed by atoms with van der Waals surface area (Å²) in [5.41, 5.74) is 0.713. The summed E-state index contributed by atoms with van der Waals surface area (Å²) in [7, 11) is 0. The molecule has 1 aliphatic carbocycles. The highest BCUT2D eigenvalue weighted by atomic mass is 16.4. The molecule has 1 amide bonds. The van der Waals surface area contributed by atoms with E-state index in [1.165, 1.54) is 6.42 Å². The molecule has 0 saturated heterocycles. The third kappa shape index (κ3) is 4.08. The fourth-order valence-electron chi connectivity index (χ4n) is 2.93. The minimum absolute atomic E-state index is 0.0644. The van der Waals surface area contributed by atoms with Crippen molar-refractivity contribution in [1.82, 2.24) is 0 Å². The molecule has 0 radical (unpaired) electrons. The maximum atomic E-state index is 12.0. The smallest absolute Gasteiger partial charge is 0.307 e. The normalized spacial score (nSPS) is 17.4. The predicted molar refractivity (Wildman–Crippen MR) is 77.4 cm³/mol. The molecule has 20 heavy (non-hydrogen) atoms. The first-order valence-electron chi connectivity index (χ1n) is 7.24. The number of carbonyl (C=O) groups excluding carboxylic acids is 1. The van der Waals surface area contributed by atoms with Crippen molar-refractivity contribution in [2.45, 2.75) is 38.5 Å². The number of carboxylic acid groups (broad SMARTS) is 1. The summed E-state index contributed by atoms with van der Waals surface area (Å²) in [6.07, 6.45) is 5.25. The van der Waals surface area contributed by atoms with Gasteiger partial charge in [0.15, 0.2) is 0 Å². The number of rotatable bonds is 5. The van der Waals surface area contributed by atoms with Gasteiger partial charge in [-0.25, -0.2) is 0 Å². The van der Waals surface area contributed by atoms with E-state index in [9.17, 15) is 14.7 Å². The SMILES string of the molecule is O=C(C[C@H](C(=O)O)C1CCCCC1)Nc1ccccc1. The molecule has 2 N–H and O–H groups in total. The molecule has 0 bridgehead atoms. The van der Waals surface area contributed by atoms with E-state index in [4.69, 9.17) is 0 Å². The molecule has 1 atom stereocenters. The maximum Gasteiger partial charge on any atom is 0.307 e. The van der Waals surface area contributed by atoms with Crippen molar-refractivity contribution >= 4 is 17.6 Å². The molecule has 4 nitrogen and oxygen atoms in total. The Morgan fingerprint density at radius 3 is 2.40 bits per heavy atom. The minimum Gasteiger partial charge on any atom is -0.481 e. The van der Waals surface area contributed by atoms with Gasteiger partial charge >= 0.3 is 5.97 Å². The van der Waals surface area contributed by atoms with Crippen LogP contribution in [0.2, 0.25) is 0 Å². The monoisotopic (exact) mass is 275 g/mol. The minimum atomic E-state index is -0.847. The van der Waals surface area contributed by atoms with Crippen molar-refractivity contribution in [3.63, 3.8) is 0 Å². The molecular formula is C16H21NO3. The van der Waals surface area contributed by atoms with Gasteiger partial charge in [-0.15, -0.1) is 0 Å². The van der Waals surface area contributed by atoms with Gasteiger partial charge in [-0.1, -0.05) is 37.5 Å². The second-order valence-electron chi connectivity index (χ2n) is 5.46. The van der Waals surface area contributed by atoms with Crippen LogP contribution in [-0.2, 0) is 9.59 Å². The van der Waals surface area contributed by atoms with Gasteiger partial charge in [-0.2, -0.15) is 0 Å². The van der Waals surface area contributed by atoms with E-state index in [-0.39, 0.29) is 18.2 Å². The van der Waals surface area contributed by atoms with Crippen LogP contribution >= 0.6 is 0 Å². The largest absolute Gasteiger partial charge is 0.481 e. The topological polar surface area (TPSA) is 66.4 Å². The Labute approximate surface area is 119 Å². The number of anilines is 1. The highest BCUT2D eigenvalue weighted by molar-refractivity contribution is 5.93. The summed E-state index contributed by atoms with van der Waals surface area (Å²) in [5.74, 6) is -1.48. The molecule has 1 aliphatic rings. The number of hydrogen-bond donors (Lipinski definition) is 2. The molecule has 108 valence electrons. The van der Waals surface area contributed by atoms with Gasteiger partial charge in [0.25, 0.3) is 0 Å². The Balaban J connectivity index is 1.93. The third-order valence-corrected chi connectivity index (χ3v) is 4.00. The van der Waals surface area contributed by atoms with Crippen LogP contribution < -0.4 is 5.32 Å². The summed E-state index contributed by atoms with van der Waals surface area (Å²) in [5, 5.41) is 12.1. The maximum absolute atomic E-state index is 12.0. The zero-order chi connectivity index (χ0) is 14.4. The molecule has 2 rings (SSSR count). The van der Waals surface area contributed by atoms with Crippen LogP contribution in [0.25, 0.3) is 0 Å². The lowest BCUT2D eigenvalue weighted by Gasteiger charge is -2.27. The van der Waals surface area contributed by atoms with Crippen LogP contribution in [0.15, 0.2) is 30.3 Å². The number of aliphatic carboxylic acids is 1. The van der Waals surface area contributed by atoms with E-state index in [1.54, 1.807) is 12.1 Å². The second-order valence-corrected chi connectivity index (χ2v) is 5.46. The summed E-state index contributed by atoms with van der Waals surface area (Å²) >= 11 is 0. The van der Waals surface area contributed by atoms with Crippen LogP contribution in [0.4, 0.5) is 5.69 Å². The summed E-state index contributed by atoms with van der Waals surface area (Å²) in [4.78, 5) is 23.4. The Morgan fingerprint density at radius 2 is 1.80 bits per heavy atom. The first-order valence-corrected chi connectivity index (χ1v) is 7.24. The third-order valence-electron chi connectivity index (χ3n) is 4.00. The lowest BCUT2D eigenvalue weighted by Crippen LogP contribution is -2.29. The van der Waals surface area contributed by atoms with Gasteiger partial charge in [0.2, 0.25) is 5.91 Å². The van der Waals surface area contributed by atoms with Crippen molar-refractivity contribution in [3.8, 4) is 0 Å². The van der Waals surface area contributed by atoms with Crippen molar-refractivity contribution in [2.24, 2.45) is 11.8 Å². The quantitative estimate of drug-likeness (QED) is 0.866. The molecule has 1 aromatic rings. The first kappa shape index (κ1) is 14.6. The average Bonchev–Trinajstić information content (AvgIpc) is 2.46. The predicted octanol–water partition coefficient (Wildman–Crippen LogP) is 3.30. The van der Waals surface area contributed by atoms with E-state index < -0.39 is 11.9 Å². The van der Waals surface area contributed by atoms with E-state index in [0.717, 1.165) is 25.7 Å². The fraction of sp³-hybridized carbons (Fsp3) is 0.500. The Morgan fingerprint density at radius 1 is 1.15 bits per heavy atom. The standard InChI is InChI=1S/C16H21NO3/c18-15(17-13-9-5-2-6-10-13)11-14(16(19)20)12-7-3-1-4-8-12/h2,5-6,9-10,12,14H,1,3-4,7-8,11H2,(H,17,18)(H,19,20)/t14-/m0/s1. The van der Waals surface area contributed by atoms with Crippen LogP contribution in [0.5, 0.6) is 0 Å². The Hall–Kier alpha value is -1.84. The van der Waals surface area contributed by atoms with Crippen molar-refractivity contribution in [1.29, 1.82) is 0 Å². The number of para-hydroxylation sites is 1. The zero-order valence-electron chi connectivity index (χ0n) is 11.5. The van der Waals surface area contributed by atoms with Gasteiger partial charge in [-0.05, 0) is 30.9 Å². The van der Waals surface area contributed by atoms with E-state index >= 15 is 0 Å². The highest BCUT2D eigenvalue weighted by Gasteiger charge is 2.31. The summed E-state index contributed by atoms with van der Waals surface area (Å²) in [6, 6.07) is 9.15. The lowest BCUT2D eigenvalue weighted by molar-refractivity contribution is -0.146. The molecule has 1 aromatic carbocycles. The Kier molecular flexibility index (Phi) is 5.16. The molecule has 0 unspecified atom stereocenters.